The second-order valence-electron chi connectivity index (χ2n) is 3.56. The summed E-state index contributed by atoms with van der Waals surface area (Å²) in [6, 6.07) is 7.86. The first kappa shape index (κ1) is 15.2. The van der Waals surface area contributed by atoms with E-state index in [1.54, 1.807) is 0 Å². The zero-order valence-corrected chi connectivity index (χ0v) is 11.3. The van der Waals surface area contributed by atoms with Gasteiger partial charge in [-0.3, -0.25) is 0 Å². The summed E-state index contributed by atoms with van der Waals surface area (Å²) in [7, 11) is 0. The molecule has 0 atom stereocenters. The van der Waals surface area contributed by atoms with Gasteiger partial charge in [0.15, 0.2) is 0 Å². The Balaban J connectivity index is 0.00000121. The third-order valence-corrected chi connectivity index (χ3v) is 1.82. The highest BCUT2D eigenvalue weighted by atomic mass is 16.5. The third-order valence-electron chi connectivity index (χ3n) is 1.82. The summed E-state index contributed by atoms with van der Waals surface area (Å²) >= 11 is 0. The van der Waals surface area contributed by atoms with Gasteiger partial charge in [0.1, 0.15) is 11.5 Å². The summed E-state index contributed by atoms with van der Waals surface area (Å²) in [5.41, 5.74) is 2.19. The first-order valence-corrected chi connectivity index (χ1v) is 5.85. The van der Waals surface area contributed by atoms with Crippen LogP contribution in [0.5, 0.6) is 5.75 Å². The summed E-state index contributed by atoms with van der Waals surface area (Å²) in [4.78, 5) is 0. The van der Waals surface area contributed by atoms with Crippen LogP contribution in [-0.2, 0) is 0 Å². The molecule has 0 fully saturated rings. The maximum absolute atomic E-state index is 5.50. The molecular formula is C16H22O. The predicted molar refractivity (Wildman–Crippen MR) is 76.2 cm³/mol. The minimum Gasteiger partial charge on any atom is -0.458 e. The molecule has 0 aromatic heterocycles. The fraction of sp³-hybridized carbons (Fsp3) is 0.250. The average molecular weight is 230 g/mol. The van der Waals surface area contributed by atoms with Crippen LogP contribution in [0.1, 0.15) is 26.3 Å². The van der Waals surface area contributed by atoms with E-state index in [0.29, 0.717) is 5.76 Å². The molecule has 1 aromatic rings. The average Bonchev–Trinajstić information content (AvgIpc) is 2.32. The van der Waals surface area contributed by atoms with Crippen molar-refractivity contribution >= 4 is 0 Å². The van der Waals surface area contributed by atoms with Crippen LogP contribution in [0.25, 0.3) is 0 Å². The van der Waals surface area contributed by atoms with Gasteiger partial charge in [-0.1, -0.05) is 56.4 Å². The normalized spacial score (nSPS) is 9.41. The lowest BCUT2D eigenvalue weighted by Crippen LogP contribution is -1.89. The molecule has 0 radical (unpaired) electrons. The quantitative estimate of drug-likeness (QED) is 0.519. The van der Waals surface area contributed by atoms with E-state index in [2.05, 4.69) is 13.2 Å². The molecule has 0 heterocycles. The first-order chi connectivity index (χ1) is 8.08. The molecule has 0 aliphatic rings. The molecule has 0 amide bonds. The van der Waals surface area contributed by atoms with Crippen LogP contribution < -0.4 is 4.74 Å². The van der Waals surface area contributed by atoms with Crippen LogP contribution in [0.2, 0.25) is 0 Å². The Morgan fingerprint density at radius 3 is 2.06 bits per heavy atom. The maximum Gasteiger partial charge on any atom is 0.127 e. The zero-order chi connectivity index (χ0) is 13.3. The van der Waals surface area contributed by atoms with Crippen LogP contribution in [0, 0.1) is 6.92 Å². The Morgan fingerprint density at radius 1 is 1.06 bits per heavy atom. The van der Waals surface area contributed by atoms with E-state index in [1.807, 2.05) is 64.1 Å². The molecule has 1 heteroatoms. The van der Waals surface area contributed by atoms with Crippen molar-refractivity contribution in [2.45, 2.75) is 27.7 Å². The van der Waals surface area contributed by atoms with Crippen molar-refractivity contribution < 1.29 is 4.74 Å². The predicted octanol–water partition coefficient (Wildman–Crippen LogP) is 5.05. The van der Waals surface area contributed by atoms with Gasteiger partial charge >= 0.3 is 0 Å². The second kappa shape index (κ2) is 8.40. The van der Waals surface area contributed by atoms with Crippen LogP contribution in [0.3, 0.4) is 0 Å². The van der Waals surface area contributed by atoms with Gasteiger partial charge in [0, 0.05) is 0 Å². The van der Waals surface area contributed by atoms with Gasteiger partial charge in [0.25, 0.3) is 0 Å². The highest BCUT2D eigenvalue weighted by molar-refractivity contribution is 5.30. The molecule has 0 bridgehead atoms. The molecule has 0 saturated carbocycles. The van der Waals surface area contributed by atoms with Crippen molar-refractivity contribution in [2.75, 3.05) is 0 Å². The minimum atomic E-state index is 0.613. The molecule has 1 aromatic carbocycles. The van der Waals surface area contributed by atoms with Crippen molar-refractivity contribution in [1.82, 2.24) is 0 Å². The molecule has 1 rings (SSSR count). The van der Waals surface area contributed by atoms with E-state index >= 15 is 0 Å². The lowest BCUT2D eigenvalue weighted by Gasteiger charge is -2.04. The topological polar surface area (TPSA) is 9.23 Å². The number of hydrogen-bond acceptors (Lipinski definition) is 1. The SMILES string of the molecule is C=C(C)/C=C\C(=C)Oc1ccc(C)cc1.CC. The third kappa shape index (κ3) is 7.18. The number of rotatable bonds is 4. The van der Waals surface area contributed by atoms with Gasteiger partial charge in [0.05, 0.1) is 0 Å². The van der Waals surface area contributed by atoms with Crippen molar-refractivity contribution in [2.24, 2.45) is 0 Å². The Morgan fingerprint density at radius 2 is 1.59 bits per heavy atom. The molecular weight excluding hydrogens is 208 g/mol. The van der Waals surface area contributed by atoms with Gasteiger partial charge in [-0.25, -0.2) is 0 Å². The lowest BCUT2D eigenvalue weighted by molar-refractivity contribution is 0.447. The molecule has 0 aliphatic heterocycles. The van der Waals surface area contributed by atoms with Crippen LogP contribution in [0.4, 0.5) is 0 Å². The summed E-state index contributed by atoms with van der Waals surface area (Å²) in [5.74, 6) is 1.42. The summed E-state index contributed by atoms with van der Waals surface area (Å²) < 4.78 is 5.50. The number of allylic oxidation sites excluding steroid dienone is 3. The van der Waals surface area contributed by atoms with Crippen LogP contribution >= 0.6 is 0 Å². The molecule has 0 N–H and O–H groups in total. The van der Waals surface area contributed by atoms with Gasteiger partial charge in [-0.15, -0.1) is 0 Å². The van der Waals surface area contributed by atoms with Crippen LogP contribution in [-0.4, -0.2) is 0 Å². The first-order valence-electron chi connectivity index (χ1n) is 5.85. The minimum absolute atomic E-state index is 0.613. The van der Waals surface area contributed by atoms with E-state index in [-0.39, 0.29) is 0 Å². The smallest absolute Gasteiger partial charge is 0.127 e. The maximum atomic E-state index is 5.50. The molecule has 0 saturated heterocycles. The summed E-state index contributed by atoms with van der Waals surface area (Å²) in [6.07, 6.45) is 3.68. The highest BCUT2D eigenvalue weighted by Gasteiger charge is 1.93. The molecule has 17 heavy (non-hydrogen) atoms. The second-order valence-corrected chi connectivity index (χ2v) is 3.56. The van der Waals surface area contributed by atoms with Crippen molar-refractivity contribution in [1.29, 1.82) is 0 Å². The largest absolute Gasteiger partial charge is 0.458 e. The Bertz CT molecular complexity index is 382. The highest BCUT2D eigenvalue weighted by Crippen LogP contribution is 2.14. The van der Waals surface area contributed by atoms with E-state index in [1.165, 1.54) is 5.56 Å². The number of hydrogen-bond donors (Lipinski definition) is 0. The van der Waals surface area contributed by atoms with Crippen molar-refractivity contribution in [3.05, 3.63) is 66.5 Å². The Hall–Kier alpha value is -1.76. The molecule has 0 aliphatic carbocycles. The zero-order valence-electron chi connectivity index (χ0n) is 11.3. The standard InChI is InChI=1S/C14H16O.C2H6/c1-11(2)5-8-13(4)15-14-9-6-12(3)7-10-14;1-2/h5-10H,1,4H2,2-3H3;1-2H3/b8-5-;. The number of benzene rings is 1. The van der Waals surface area contributed by atoms with E-state index in [4.69, 9.17) is 4.74 Å². The number of ether oxygens (including phenoxy) is 1. The Kier molecular flexibility index (Phi) is 7.53. The fourth-order valence-electron chi connectivity index (χ4n) is 1.03. The molecule has 1 nitrogen and oxygen atoms in total. The molecule has 0 spiro atoms. The molecule has 92 valence electrons. The van der Waals surface area contributed by atoms with Gasteiger partial charge < -0.3 is 4.74 Å². The van der Waals surface area contributed by atoms with Crippen molar-refractivity contribution in [3.8, 4) is 5.75 Å². The lowest BCUT2D eigenvalue weighted by atomic mass is 10.2. The fourth-order valence-corrected chi connectivity index (χ4v) is 1.03. The van der Waals surface area contributed by atoms with Gasteiger partial charge in [-0.2, -0.15) is 0 Å². The monoisotopic (exact) mass is 230 g/mol. The van der Waals surface area contributed by atoms with E-state index < -0.39 is 0 Å². The summed E-state index contributed by atoms with van der Waals surface area (Å²) in [5, 5.41) is 0. The van der Waals surface area contributed by atoms with Crippen LogP contribution in [0.15, 0.2) is 60.9 Å². The Labute approximate surface area is 105 Å². The number of aryl methyl sites for hydroxylation is 1. The van der Waals surface area contributed by atoms with Gasteiger partial charge in [0.2, 0.25) is 0 Å². The van der Waals surface area contributed by atoms with E-state index in [0.717, 1.165) is 11.3 Å². The summed E-state index contributed by atoms with van der Waals surface area (Å²) in [6.45, 7) is 15.5. The molecule has 0 unspecified atom stereocenters. The van der Waals surface area contributed by atoms with Crippen molar-refractivity contribution in [3.63, 3.8) is 0 Å². The van der Waals surface area contributed by atoms with E-state index in [9.17, 15) is 0 Å². The van der Waals surface area contributed by atoms with Gasteiger partial charge in [-0.05, 0) is 32.1 Å².